The van der Waals surface area contributed by atoms with Gasteiger partial charge in [0, 0.05) is 26.2 Å². The Bertz CT molecular complexity index is 646. The Balaban J connectivity index is 2.75. The van der Waals surface area contributed by atoms with Crippen LogP contribution in [0.15, 0.2) is 29.8 Å². The van der Waals surface area contributed by atoms with Crippen LogP contribution in [0.3, 0.4) is 0 Å². The Morgan fingerprint density at radius 1 is 1.29 bits per heavy atom. The zero-order valence-corrected chi connectivity index (χ0v) is 15.1. The first-order chi connectivity index (χ1) is 11.0. The van der Waals surface area contributed by atoms with E-state index in [0.29, 0.717) is 0 Å². The number of nitrogens with zero attached hydrogens (tertiary/aromatic N) is 1. The monoisotopic (exact) mass is 336 g/mol. The van der Waals surface area contributed by atoms with Gasteiger partial charge in [0.2, 0.25) is 5.91 Å². The zero-order chi connectivity index (χ0) is 18.5. The van der Waals surface area contributed by atoms with Crippen LogP contribution >= 0.6 is 0 Å². The molecule has 1 N–H and O–H groups in total. The molecule has 0 radical (unpaired) electrons. The number of benzene rings is 1. The lowest BCUT2D eigenvalue weighted by molar-refractivity contribution is -0.130. The topological polar surface area (TPSA) is 58.6 Å². The van der Waals surface area contributed by atoms with Crippen LogP contribution in [0.4, 0.5) is 10.1 Å². The second-order valence-electron chi connectivity index (χ2n) is 6.79. The van der Waals surface area contributed by atoms with Crippen molar-refractivity contribution in [2.45, 2.75) is 27.7 Å². The van der Waals surface area contributed by atoms with Crippen molar-refractivity contribution in [1.82, 2.24) is 4.90 Å². The molecule has 24 heavy (non-hydrogen) atoms. The SMILES string of the molecule is C/C(=C\C(=O)Nc1ccc(OCC(=O)N(C)C)cc1F)C(C)(C)C. The van der Waals surface area contributed by atoms with E-state index in [1.807, 2.05) is 27.7 Å². The van der Waals surface area contributed by atoms with E-state index in [9.17, 15) is 14.0 Å². The van der Waals surface area contributed by atoms with Crippen molar-refractivity contribution < 1.29 is 18.7 Å². The van der Waals surface area contributed by atoms with E-state index < -0.39 is 11.7 Å². The van der Waals surface area contributed by atoms with Crippen LogP contribution < -0.4 is 10.1 Å². The van der Waals surface area contributed by atoms with E-state index in [2.05, 4.69) is 5.32 Å². The lowest BCUT2D eigenvalue weighted by Crippen LogP contribution is -2.27. The highest BCUT2D eigenvalue weighted by Crippen LogP contribution is 2.25. The van der Waals surface area contributed by atoms with Crippen LogP contribution in [0.25, 0.3) is 0 Å². The molecule has 5 nitrogen and oxygen atoms in total. The Kier molecular flexibility index (Phi) is 6.51. The molecular weight excluding hydrogens is 311 g/mol. The molecule has 0 saturated carbocycles. The second kappa shape index (κ2) is 7.95. The maximum atomic E-state index is 14.1. The number of ether oxygens (including phenoxy) is 1. The summed E-state index contributed by atoms with van der Waals surface area (Å²) in [5, 5.41) is 2.50. The van der Waals surface area contributed by atoms with Gasteiger partial charge >= 0.3 is 0 Å². The van der Waals surface area contributed by atoms with Crippen LogP contribution in [0.2, 0.25) is 0 Å². The van der Waals surface area contributed by atoms with Gasteiger partial charge < -0.3 is 15.0 Å². The number of nitrogens with one attached hydrogen (secondary N) is 1. The number of amides is 2. The van der Waals surface area contributed by atoms with Crippen LogP contribution in [-0.4, -0.2) is 37.4 Å². The maximum Gasteiger partial charge on any atom is 0.259 e. The Labute approximate surface area is 142 Å². The summed E-state index contributed by atoms with van der Waals surface area (Å²) >= 11 is 0. The number of rotatable bonds is 5. The van der Waals surface area contributed by atoms with E-state index in [0.717, 1.165) is 11.6 Å². The summed E-state index contributed by atoms with van der Waals surface area (Å²) in [7, 11) is 3.22. The van der Waals surface area contributed by atoms with Gasteiger partial charge in [0.25, 0.3) is 5.91 Å². The highest BCUT2D eigenvalue weighted by molar-refractivity contribution is 5.99. The van der Waals surface area contributed by atoms with Gasteiger partial charge in [0.15, 0.2) is 6.61 Å². The van der Waals surface area contributed by atoms with Crippen LogP contribution in [0, 0.1) is 11.2 Å². The van der Waals surface area contributed by atoms with Gasteiger partial charge in [0.05, 0.1) is 5.69 Å². The Morgan fingerprint density at radius 2 is 1.92 bits per heavy atom. The highest BCUT2D eigenvalue weighted by atomic mass is 19.1. The lowest BCUT2D eigenvalue weighted by atomic mass is 9.87. The van der Waals surface area contributed by atoms with Gasteiger partial charge in [-0.2, -0.15) is 0 Å². The van der Waals surface area contributed by atoms with Crippen molar-refractivity contribution in [2.24, 2.45) is 5.41 Å². The van der Waals surface area contributed by atoms with E-state index in [-0.39, 0.29) is 29.4 Å². The number of halogens is 1. The van der Waals surface area contributed by atoms with Gasteiger partial charge in [-0.05, 0) is 24.5 Å². The third kappa shape index (κ3) is 6.02. The molecule has 0 aromatic heterocycles. The predicted octanol–water partition coefficient (Wildman–Crippen LogP) is 3.22. The Morgan fingerprint density at radius 3 is 2.42 bits per heavy atom. The highest BCUT2D eigenvalue weighted by Gasteiger charge is 2.15. The van der Waals surface area contributed by atoms with Gasteiger partial charge in [-0.1, -0.05) is 26.3 Å². The van der Waals surface area contributed by atoms with Crippen molar-refractivity contribution in [3.8, 4) is 5.75 Å². The maximum absolute atomic E-state index is 14.1. The average Bonchev–Trinajstić information content (AvgIpc) is 2.46. The van der Waals surface area contributed by atoms with Crippen molar-refractivity contribution >= 4 is 17.5 Å². The third-order valence-electron chi connectivity index (χ3n) is 3.59. The van der Waals surface area contributed by atoms with Crippen LogP contribution in [0.1, 0.15) is 27.7 Å². The first-order valence-electron chi connectivity index (χ1n) is 7.63. The summed E-state index contributed by atoms with van der Waals surface area (Å²) in [5.41, 5.74) is 0.818. The number of hydrogen-bond acceptors (Lipinski definition) is 3. The summed E-state index contributed by atoms with van der Waals surface area (Å²) in [6.45, 7) is 7.66. The fourth-order valence-corrected chi connectivity index (χ4v) is 1.54. The molecule has 0 saturated heterocycles. The molecule has 1 aromatic carbocycles. The fourth-order valence-electron chi connectivity index (χ4n) is 1.54. The molecule has 0 unspecified atom stereocenters. The molecule has 1 aromatic rings. The normalized spacial score (nSPS) is 11.9. The summed E-state index contributed by atoms with van der Waals surface area (Å²) in [5.74, 6) is -1.02. The second-order valence-corrected chi connectivity index (χ2v) is 6.79. The molecule has 0 bridgehead atoms. The molecule has 132 valence electrons. The van der Waals surface area contributed by atoms with Crippen molar-refractivity contribution in [2.75, 3.05) is 26.0 Å². The zero-order valence-electron chi connectivity index (χ0n) is 15.1. The van der Waals surface area contributed by atoms with Gasteiger partial charge in [-0.15, -0.1) is 0 Å². The third-order valence-corrected chi connectivity index (χ3v) is 3.59. The fraction of sp³-hybridized carbons (Fsp3) is 0.444. The first kappa shape index (κ1) is 19.7. The van der Waals surface area contributed by atoms with Crippen LogP contribution in [-0.2, 0) is 9.59 Å². The molecule has 6 heteroatoms. The minimum absolute atomic E-state index is 0.0595. The molecule has 0 aliphatic rings. The molecular formula is C18H25FN2O3. The summed E-state index contributed by atoms with van der Waals surface area (Å²) in [4.78, 5) is 24.8. The van der Waals surface area contributed by atoms with Gasteiger partial charge in [-0.25, -0.2) is 4.39 Å². The molecule has 1 rings (SSSR count). The minimum Gasteiger partial charge on any atom is -0.484 e. The van der Waals surface area contributed by atoms with E-state index in [1.54, 1.807) is 14.1 Å². The van der Waals surface area contributed by atoms with Crippen molar-refractivity contribution in [3.63, 3.8) is 0 Å². The Hall–Kier alpha value is -2.37. The van der Waals surface area contributed by atoms with E-state index >= 15 is 0 Å². The number of hydrogen-bond donors (Lipinski definition) is 1. The number of anilines is 1. The number of allylic oxidation sites excluding steroid dienone is 1. The summed E-state index contributed by atoms with van der Waals surface area (Å²) in [6.07, 6.45) is 1.46. The van der Waals surface area contributed by atoms with E-state index in [1.165, 1.54) is 23.1 Å². The van der Waals surface area contributed by atoms with E-state index in [4.69, 9.17) is 4.74 Å². The van der Waals surface area contributed by atoms with Crippen molar-refractivity contribution in [1.29, 1.82) is 0 Å². The first-order valence-corrected chi connectivity index (χ1v) is 7.63. The number of carbonyl (C=O) groups is 2. The molecule has 0 aliphatic carbocycles. The van der Waals surface area contributed by atoms with Gasteiger partial charge in [0.1, 0.15) is 11.6 Å². The molecule has 0 aliphatic heterocycles. The molecule has 0 atom stereocenters. The summed E-state index contributed by atoms with van der Waals surface area (Å²) in [6, 6.07) is 4.05. The lowest BCUT2D eigenvalue weighted by Gasteiger charge is -2.19. The largest absolute Gasteiger partial charge is 0.484 e. The quantitative estimate of drug-likeness (QED) is 0.840. The van der Waals surface area contributed by atoms with Crippen LogP contribution in [0.5, 0.6) is 5.75 Å². The smallest absolute Gasteiger partial charge is 0.259 e. The molecule has 2 amide bonds. The molecule has 0 heterocycles. The van der Waals surface area contributed by atoms with Crippen molar-refractivity contribution in [3.05, 3.63) is 35.7 Å². The van der Waals surface area contributed by atoms with Gasteiger partial charge in [-0.3, -0.25) is 9.59 Å². The minimum atomic E-state index is -0.625. The molecule has 0 fully saturated rings. The predicted molar refractivity (Wildman–Crippen MR) is 92.4 cm³/mol. The molecule has 0 spiro atoms. The number of carbonyl (C=O) groups excluding carboxylic acids is 2. The standard InChI is InChI=1S/C18H25FN2O3/c1-12(18(2,3)4)9-16(22)20-15-8-7-13(10-14(15)19)24-11-17(23)21(5)6/h7-10H,11H2,1-6H3,(H,20,22)/b12-9+. The average molecular weight is 336 g/mol. The summed E-state index contributed by atoms with van der Waals surface area (Å²) < 4.78 is 19.3. The number of likely N-dealkylation sites (N-methyl/N-ethyl adjacent to an activating group) is 1.